The first-order chi connectivity index (χ1) is 10.2. The molecule has 1 heterocycles. The molecular weight excluding hydrogens is 330 g/mol. The number of ether oxygens (including phenoxy) is 1. The Hall–Kier alpha value is -1.55. The largest absolute Gasteiger partial charge is 0.493 e. The second-order valence-corrected chi connectivity index (χ2v) is 5.88. The summed E-state index contributed by atoms with van der Waals surface area (Å²) in [6.45, 7) is 2.83. The Morgan fingerprint density at radius 3 is 2.81 bits per heavy atom. The number of ketones is 1. The number of benzene rings is 1. The number of nitrogens with one attached hydrogen (secondary N) is 1. The monoisotopic (exact) mass is 349 g/mol. The molecule has 0 aliphatic heterocycles. The van der Waals surface area contributed by atoms with Crippen LogP contribution in [0, 0.1) is 0 Å². The van der Waals surface area contributed by atoms with Crippen LogP contribution in [0.1, 0.15) is 48.7 Å². The van der Waals surface area contributed by atoms with Crippen LogP contribution in [0.15, 0.2) is 41.0 Å². The van der Waals surface area contributed by atoms with E-state index in [0.717, 1.165) is 17.3 Å². The van der Waals surface area contributed by atoms with Crippen LogP contribution < -0.4 is 4.74 Å². The highest BCUT2D eigenvalue weighted by Gasteiger charge is 2.16. The molecule has 0 aliphatic rings. The van der Waals surface area contributed by atoms with Gasteiger partial charge in [-0.05, 0) is 36.8 Å². The van der Waals surface area contributed by atoms with E-state index in [4.69, 9.17) is 4.74 Å². The fourth-order valence-electron chi connectivity index (χ4n) is 2.13. The van der Waals surface area contributed by atoms with E-state index in [2.05, 4.69) is 27.8 Å². The summed E-state index contributed by atoms with van der Waals surface area (Å²) >= 11 is 3.41. The van der Waals surface area contributed by atoms with Crippen LogP contribution in [0.3, 0.4) is 0 Å². The van der Waals surface area contributed by atoms with Gasteiger partial charge in [0.05, 0.1) is 17.9 Å². The number of halogens is 1. The minimum atomic E-state index is -0.0511. The van der Waals surface area contributed by atoms with Gasteiger partial charge in [0.1, 0.15) is 5.75 Å². The molecule has 0 unspecified atom stereocenters. The van der Waals surface area contributed by atoms with Crippen LogP contribution in [0.25, 0.3) is 0 Å². The third-order valence-corrected chi connectivity index (χ3v) is 3.78. The maximum atomic E-state index is 12.5. The van der Waals surface area contributed by atoms with Gasteiger partial charge in [-0.2, -0.15) is 0 Å². The van der Waals surface area contributed by atoms with Crippen LogP contribution in [0.4, 0.5) is 0 Å². The maximum absolute atomic E-state index is 12.5. The summed E-state index contributed by atoms with van der Waals surface area (Å²) in [5.74, 6) is 0.596. The average Bonchev–Trinajstić information content (AvgIpc) is 3.02. The number of carbonyl (C=O) groups is 1. The molecule has 0 spiro atoms. The Balaban J connectivity index is 2.09. The number of aromatic amines is 1. The second kappa shape index (κ2) is 8.03. The van der Waals surface area contributed by atoms with Crippen LogP contribution >= 0.6 is 15.9 Å². The van der Waals surface area contributed by atoms with E-state index in [-0.39, 0.29) is 5.78 Å². The van der Waals surface area contributed by atoms with Gasteiger partial charge in [0.25, 0.3) is 0 Å². The molecular formula is C17H20BrNO2. The van der Waals surface area contributed by atoms with Gasteiger partial charge in [-0.1, -0.05) is 42.1 Å². The van der Waals surface area contributed by atoms with E-state index < -0.39 is 0 Å². The fourth-order valence-corrected chi connectivity index (χ4v) is 2.49. The van der Waals surface area contributed by atoms with E-state index in [0.29, 0.717) is 23.6 Å². The Morgan fingerprint density at radius 2 is 2.10 bits per heavy atom. The Bertz CT molecular complexity index is 578. The average molecular weight is 350 g/mol. The highest BCUT2D eigenvalue weighted by molar-refractivity contribution is 9.10. The summed E-state index contributed by atoms with van der Waals surface area (Å²) in [7, 11) is 0. The third-order valence-electron chi connectivity index (χ3n) is 3.28. The van der Waals surface area contributed by atoms with Gasteiger partial charge in [-0.15, -0.1) is 0 Å². The molecule has 0 bridgehead atoms. The molecule has 2 aromatic rings. The highest BCUT2D eigenvalue weighted by Crippen LogP contribution is 2.25. The van der Waals surface area contributed by atoms with Crippen LogP contribution in [0.2, 0.25) is 0 Å². The summed E-state index contributed by atoms with van der Waals surface area (Å²) in [5.41, 5.74) is 1.16. The van der Waals surface area contributed by atoms with Crippen molar-refractivity contribution in [3.05, 3.63) is 52.3 Å². The minimum Gasteiger partial charge on any atom is -0.493 e. The summed E-state index contributed by atoms with van der Waals surface area (Å²) in [6.07, 6.45) is 6.34. The third kappa shape index (κ3) is 4.46. The van der Waals surface area contributed by atoms with Gasteiger partial charge in [-0.3, -0.25) is 4.79 Å². The number of hydrogen-bond acceptors (Lipinski definition) is 2. The predicted octanol–water partition coefficient (Wildman–Crippen LogP) is 4.97. The van der Waals surface area contributed by atoms with Gasteiger partial charge >= 0.3 is 0 Å². The zero-order chi connectivity index (χ0) is 15.1. The van der Waals surface area contributed by atoms with Crippen LogP contribution in [-0.2, 0) is 0 Å². The van der Waals surface area contributed by atoms with Crippen molar-refractivity contribution in [1.29, 1.82) is 0 Å². The van der Waals surface area contributed by atoms with Crippen molar-refractivity contribution in [2.45, 2.75) is 32.6 Å². The lowest BCUT2D eigenvalue weighted by Crippen LogP contribution is -2.07. The van der Waals surface area contributed by atoms with Crippen molar-refractivity contribution in [3.63, 3.8) is 0 Å². The molecule has 1 N–H and O–H groups in total. The lowest BCUT2D eigenvalue weighted by molar-refractivity contribution is 0.103. The molecule has 2 rings (SSSR count). The molecule has 0 saturated heterocycles. The molecule has 1 aromatic heterocycles. The first-order valence-electron chi connectivity index (χ1n) is 7.33. The maximum Gasteiger partial charge on any atom is 0.212 e. The summed E-state index contributed by atoms with van der Waals surface area (Å²) in [4.78, 5) is 15.4. The molecule has 112 valence electrons. The highest BCUT2D eigenvalue weighted by atomic mass is 79.9. The van der Waals surface area contributed by atoms with Crippen molar-refractivity contribution >= 4 is 21.7 Å². The number of unbranched alkanes of at least 4 members (excludes halogenated alkanes) is 3. The van der Waals surface area contributed by atoms with Crippen molar-refractivity contribution < 1.29 is 9.53 Å². The standard InChI is InChI=1S/C17H20BrNO2/c1-2-3-4-5-11-21-16-9-8-13(18)12-14(16)17(20)15-7-6-10-19-15/h6-10,12,19H,2-5,11H2,1H3. The Morgan fingerprint density at radius 1 is 1.24 bits per heavy atom. The number of rotatable bonds is 8. The molecule has 0 saturated carbocycles. The normalized spacial score (nSPS) is 10.6. The number of aromatic nitrogens is 1. The molecule has 1 aromatic carbocycles. The minimum absolute atomic E-state index is 0.0511. The van der Waals surface area contributed by atoms with E-state index in [1.807, 2.05) is 24.3 Å². The van der Waals surface area contributed by atoms with Gasteiger partial charge in [0.15, 0.2) is 0 Å². The Labute approximate surface area is 133 Å². The Kier molecular flexibility index (Phi) is 6.05. The topological polar surface area (TPSA) is 42.1 Å². The zero-order valence-electron chi connectivity index (χ0n) is 12.2. The molecule has 3 nitrogen and oxygen atoms in total. The molecule has 21 heavy (non-hydrogen) atoms. The first-order valence-corrected chi connectivity index (χ1v) is 8.12. The van der Waals surface area contributed by atoms with Crippen LogP contribution in [0.5, 0.6) is 5.75 Å². The number of hydrogen-bond donors (Lipinski definition) is 1. The molecule has 4 heteroatoms. The fraction of sp³-hybridized carbons (Fsp3) is 0.353. The lowest BCUT2D eigenvalue weighted by atomic mass is 10.1. The summed E-state index contributed by atoms with van der Waals surface area (Å²) in [5, 5.41) is 0. The SMILES string of the molecule is CCCCCCOc1ccc(Br)cc1C(=O)c1ccc[nH]1. The number of H-pyrrole nitrogens is 1. The van der Waals surface area contributed by atoms with E-state index in [1.165, 1.54) is 12.8 Å². The molecule has 0 radical (unpaired) electrons. The zero-order valence-corrected chi connectivity index (χ0v) is 13.8. The smallest absolute Gasteiger partial charge is 0.212 e. The van der Waals surface area contributed by atoms with E-state index in [1.54, 1.807) is 12.3 Å². The van der Waals surface area contributed by atoms with Crippen molar-refractivity contribution in [1.82, 2.24) is 4.98 Å². The van der Waals surface area contributed by atoms with E-state index in [9.17, 15) is 4.79 Å². The van der Waals surface area contributed by atoms with Crippen LogP contribution in [-0.4, -0.2) is 17.4 Å². The van der Waals surface area contributed by atoms with Gasteiger partial charge in [0.2, 0.25) is 5.78 Å². The lowest BCUT2D eigenvalue weighted by Gasteiger charge is -2.11. The summed E-state index contributed by atoms with van der Waals surface area (Å²) in [6, 6.07) is 9.14. The second-order valence-electron chi connectivity index (χ2n) is 4.96. The molecule has 0 fully saturated rings. The molecule has 0 aliphatic carbocycles. The van der Waals surface area contributed by atoms with E-state index >= 15 is 0 Å². The van der Waals surface area contributed by atoms with Crippen molar-refractivity contribution in [3.8, 4) is 5.75 Å². The van der Waals surface area contributed by atoms with Gasteiger partial charge in [-0.25, -0.2) is 0 Å². The summed E-state index contributed by atoms with van der Waals surface area (Å²) < 4.78 is 6.67. The van der Waals surface area contributed by atoms with Crippen molar-refractivity contribution in [2.24, 2.45) is 0 Å². The first kappa shape index (κ1) is 15.8. The van der Waals surface area contributed by atoms with Gasteiger partial charge < -0.3 is 9.72 Å². The molecule has 0 atom stereocenters. The van der Waals surface area contributed by atoms with Gasteiger partial charge in [0, 0.05) is 10.7 Å². The molecule has 0 amide bonds. The quantitative estimate of drug-likeness (QED) is 0.540. The number of carbonyl (C=O) groups excluding carboxylic acids is 1. The predicted molar refractivity (Wildman–Crippen MR) is 88.0 cm³/mol. The van der Waals surface area contributed by atoms with Crippen molar-refractivity contribution in [2.75, 3.05) is 6.61 Å².